The number of hydrogen-bond acceptors (Lipinski definition) is 3. The van der Waals surface area contributed by atoms with Gasteiger partial charge in [0.05, 0.1) is 5.52 Å². The fraction of sp³-hybridized carbons (Fsp3) is 0.333. The molecule has 4 heteroatoms. The minimum atomic E-state index is -0.0638. The van der Waals surface area contributed by atoms with Crippen LogP contribution in [0.15, 0.2) is 36.4 Å². The highest BCUT2D eigenvalue weighted by Crippen LogP contribution is 2.13. The molecular weight excluding hydrogens is 238 g/mol. The maximum absolute atomic E-state index is 12.3. The van der Waals surface area contributed by atoms with Crippen LogP contribution in [-0.4, -0.2) is 35.9 Å². The normalized spacial score (nSPS) is 12.4. The van der Waals surface area contributed by atoms with Gasteiger partial charge in [-0.25, -0.2) is 4.98 Å². The van der Waals surface area contributed by atoms with Crippen molar-refractivity contribution in [2.45, 2.75) is 6.92 Å². The Kier molecular flexibility index (Phi) is 4.12. The van der Waals surface area contributed by atoms with E-state index in [1.54, 1.807) is 18.0 Å². The van der Waals surface area contributed by atoms with E-state index in [0.29, 0.717) is 18.8 Å². The fourth-order valence-corrected chi connectivity index (χ4v) is 2.01. The number of amides is 1. The van der Waals surface area contributed by atoms with Crippen LogP contribution in [0.2, 0.25) is 0 Å². The highest BCUT2D eigenvalue weighted by atomic mass is 16.2. The molecule has 4 nitrogen and oxygen atoms in total. The number of rotatable bonds is 4. The Bertz CT molecular complexity index is 582. The number of carbonyl (C=O) groups excluding carboxylic acids is 1. The Balaban J connectivity index is 2.21. The van der Waals surface area contributed by atoms with Gasteiger partial charge in [0.25, 0.3) is 5.91 Å². The van der Waals surface area contributed by atoms with Crippen molar-refractivity contribution in [3.05, 3.63) is 42.1 Å². The maximum Gasteiger partial charge on any atom is 0.272 e. The molecule has 100 valence electrons. The molecule has 2 rings (SSSR count). The Morgan fingerprint density at radius 2 is 2.05 bits per heavy atom. The molecule has 19 heavy (non-hydrogen) atoms. The predicted molar refractivity (Wildman–Crippen MR) is 76.9 cm³/mol. The SMILES string of the molecule is CC(CN)CN(C)C(=O)c1ccc2ccccc2n1. The van der Waals surface area contributed by atoms with Crippen LogP contribution in [0.4, 0.5) is 0 Å². The van der Waals surface area contributed by atoms with Gasteiger partial charge in [0.1, 0.15) is 5.69 Å². The van der Waals surface area contributed by atoms with E-state index in [-0.39, 0.29) is 11.8 Å². The van der Waals surface area contributed by atoms with E-state index in [4.69, 9.17) is 5.73 Å². The molecule has 2 N–H and O–H groups in total. The molecule has 0 saturated heterocycles. The standard InChI is InChI=1S/C15H19N3O/c1-11(9-16)10-18(2)15(19)14-8-7-12-5-3-4-6-13(12)17-14/h3-8,11H,9-10,16H2,1-2H3. The molecule has 1 atom stereocenters. The minimum absolute atomic E-state index is 0.0638. The molecule has 1 unspecified atom stereocenters. The van der Waals surface area contributed by atoms with Crippen LogP contribution in [0.25, 0.3) is 10.9 Å². The summed E-state index contributed by atoms with van der Waals surface area (Å²) in [5.41, 5.74) is 6.90. The zero-order valence-corrected chi connectivity index (χ0v) is 11.3. The van der Waals surface area contributed by atoms with E-state index < -0.39 is 0 Å². The van der Waals surface area contributed by atoms with Crippen molar-refractivity contribution in [2.24, 2.45) is 11.7 Å². The first kappa shape index (κ1) is 13.5. The number of pyridine rings is 1. The molecule has 0 spiro atoms. The number of hydrogen-bond donors (Lipinski definition) is 1. The lowest BCUT2D eigenvalue weighted by molar-refractivity contribution is 0.0772. The third-order valence-corrected chi connectivity index (χ3v) is 3.15. The van der Waals surface area contributed by atoms with Crippen molar-refractivity contribution < 1.29 is 4.79 Å². The Labute approximate surface area is 113 Å². The van der Waals surface area contributed by atoms with E-state index >= 15 is 0 Å². The lowest BCUT2D eigenvalue weighted by Crippen LogP contribution is -2.33. The van der Waals surface area contributed by atoms with Gasteiger partial charge in [0, 0.05) is 19.0 Å². The topological polar surface area (TPSA) is 59.2 Å². The summed E-state index contributed by atoms with van der Waals surface area (Å²) in [6.45, 7) is 3.24. The van der Waals surface area contributed by atoms with Gasteiger partial charge in [0.2, 0.25) is 0 Å². The summed E-state index contributed by atoms with van der Waals surface area (Å²) in [5, 5.41) is 1.04. The fourth-order valence-electron chi connectivity index (χ4n) is 2.01. The molecule has 0 aliphatic carbocycles. The number of nitrogens with two attached hydrogens (primary N) is 1. The van der Waals surface area contributed by atoms with Gasteiger partial charge in [-0.3, -0.25) is 4.79 Å². The lowest BCUT2D eigenvalue weighted by atomic mass is 10.1. The Morgan fingerprint density at radius 3 is 2.79 bits per heavy atom. The molecule has 0 aliphatic rings. The monoisotopic (exact) mass is 257 g/mol. The second-order valence-corrected chi connectivity index (χ2v) is 4.92. The molecule has 1 heterocycles. The predicted octanol–water partition coefficient (Wildman–Crippen LogP) is 1.90. The molecule has 0 saturated carbocycles. The highest BCUT2D eigenvalue weighted by molar-refractivity contribution is 5.94. The zero-order chi connectivity index (χ0) is 13.8. The van der Waals surface area contributed by atoms with E-state index in [1.165, 1.54) is 0 Å². The van der Waals surface area contributed by atoms with Crippen molar-refractivity contribution in [2.75, 3.05) is 20.1 Å². The largest absolute Gasteiger partial charge is 0.340 e. The molecule has 0 radical (unpaired) electrons. The summed E-state index contributed by atoms with van der Waals surface area (Å²) in [7, 11) is 1.78. The van der Waals surface area contributed by atoms with Crippen LogP contribution in [0.5, 0.6) is 0 Å². The molecule has 1 aromatic heterocycles. The summed E-state index contributed by atoms with van der Waals surface area (Å²) < 4.78 is 0. The van der Waals surface area contributed by atoms with Gasteiger partial charge in [0.15, 0.2) is 0 Å². The van der Waals surface area contributed by atoms with Gasteiger partial charge in [-0.15, -0.1) is 0 Å². The second kappa shape index (κ2) is 5.80. The van der Waals surface area contributed by atoms with Crippen LogP contribution in [0, 0.1) is 5.92 Å². The molecule has 0 aliphatic heterocycles. The quantitative estimate of drug-likeness (QED) is 0.910. The van der Waals surface area contributed by atoms with Crippen molar-refractivity contribution >= 4 is 16.8 Å². The first-order valence-corrected chi connectivity index (χ1v) is 6.43. The van der Waals surface area contributed by atoms with Crippen molar-refractivity contribution in [1.82, 2.24) is 9.88 Å². The van der Waals surface area contributed by atoms with Crippen LogP contribution < -0.4 is 5.73 Å². The summed E-state index contributed by atoms with van der Waals surface area (Å²) >= 11 is 0. The van der Waals surface area contributed by atoms with E-state index in [0.717, 1.165) is 10.9 Å². The van der Waals surface area contributed by atoms with Gasteiger partial charge < -0.3 is 10.6 Å². The van der Waals surface area contributed by atoms with Crippen LogP contribution in [-0.2, 0) is 0 Å². The summed E-state index contributed by atoms with van der Waals surface area (Å²) in [5.74, 6) is 0.223. The summed E-state index contributed by atoms with van der Waals surface area (Å²) in [6, 6.07) is 11.5. The molecule has 1 aromatic carbocycles. The van der Waals surface area contributed by atoms with E-state index in [2.05, 4.69) is 4.98 Å². The molecule has 0 bridgehead atoms. The van der Waals surface area contributed by atoms with Gasteiger partial charge in [-0.1, -0.05) is 31.2 Å². The van der Waals surface area contributed by atoms with Crippen LogP contribution in [0.3, 0.4) is 0 Å². The average Bonchev–Trinajstić information content (AvgIpc) is 2.45. The first-order chi connectivity index (χ1) is 9.11. The number of nitrogens with zero attached hydrogens (tertiary/aromatic N) is 2. The molecule has 2 aromatic rings. The number of benzene rings is 1. The average molecular weight is 257 g/mol. The third kappa shape index (κ3) is 3.09. The summed E-state index contributed by atoms with van der Waals surface area (Å²) in [6.07, 6.45) is 0. The molecular formula is C15H19N3O. The Hall–Kier alpha value is -1.94. The Morgan fingerprint density at radius 1 is 1.32 bits per heavy atom. The molecule has 0 fully saturated rings. The van der Waals surface area contributed by atoms with Crippen LogP contribution >= 0.6 is 0 Å². The first-order valence-electron chi connectivity index (χ1n) is 6.43. The van der Waals surface area contributed by atoms with Crippen molar-refractivity contribution in [3.8, 4) is 0 Å². The van der Waals surface area contributed by atoms with Crippen LogP contribution in [0.1, 0.15) is 17.4 Å². The highest BCUT2D eigenvalue weighted by Gasteiger charge is 2.15. The van der Waals surface area contributed by atoms with Gasteiger partial charge in [-0.2, -0.15) is 0 Å². The number of fused-ring (bicyclic) bond motifs is 1. The summed E-state index contributed by atoms with van der Waals surface area (Å²) in [4.78, 5) is 18.3. The second-order valence-electron chi connectivity index (χ2n) is 4.92. The maximum atomic E-state index is 12.3. The smallest absolute Gasteiger partial charge is 0.272 e. The van der Waals surface area contributed by atoms with Crippen molar-refractivity contribution in [3.63, 3.8) is 0 Å². The van der Waals surface area contributed by atoms with E-state index in [1.807, 2.05) is 37.3 Å². The van der Waals surface area contributed by atoms with Gasteiger partial charge >= 0.3 is 0 Å². The zero-order valence-electron chi connectivity index (χ0n) is 11.3. The number of aromatic nitrogens is 1. The third-order valence-electron chi connectivity index (χ3n) is 3.15. The minimum Gasteiger partial charge on any atom is -0.340 e. The van der Waals surface area contributed by atoms with Crippen molar-refractivity contribution in [1.29, 1.82) is 0 Å². The lowest BCUT2D eigenvalue weighted by Gasteiger charge is -2.20. The number of carbonyl (C=O) groups is 1. The van der Waals surface area contributed by atoms with Gasteiger partial charge in [-0.05, 0) is 24.6 Å². The number of para-hydroxylation sites is 1. The molecule has 1 amide bonds. The van der Waals surface area contributed by atoms with E-state index in [9.17, 15) is 4.79 Å².